The van der Waals surface area contributed by atoms with Gasteiger partial charge >= 0.3 is 12.1 Å². The van der Waals surface area contributed by atoms with Crippen LogP contribution in [0, 0.1) is 10.8 Å². The van der Waals surface area contributed by atoms with E-state index in [-0.39, 0.29) is 10.6 Å². The van der Waals surface area contributed by atoms with Gasteiger partial charge in [-0.2, -0.15) is 13.2 Å². The Kier molecular flexibility index (Phi) is 7.95. The summed E-state index contributed by atoms with van der Waals surface area (Å²) in [5.41, 5.74) is -3.04. The van der Waals surface area contributed by atoms with Crippen LogP contribution in [0.4, 0.5) is 17.6 Å². The lowest BCUT2D eigenvalue weighted by Crippen LogP contribution is -2.53. The number of halogens is 4. The Morgan fingerprint density at radius 1 is 1.14 bits per heavy atom. The van der Waals surface area contributed by atoms with Gasteiger partial charge in [-0.3, -0.25) is 20.3 Å². The van der Waals surface area contributed by atoms with E-state index in [4.69, 9.17) is 5.41 Å². The van der Waals surface area contributed by atoms with Gasteiger partial charge in [0.15, 0.2) is 0 Å². The molecule has 1 amide bonds. The minimum absolute atomic E-state index is 0.0459. The standard InChI is InChI=1S/C25H31F4N3O3S/c1-22(2,26)14-17(20(33)32-23(3)8-9-23)31-18(25(27,28)29)15-4-6-16(7-5-15)19(30)36-13-12-24(10-11-24)21(34)35/h4-7,12-13,17-18,30-31H,8-11,14H2,1-3H3,(H,32,33)(H,34,35)/b13-12+,30-19?/t17-,18?/m0/s1. The summed E-state index contributed by atoms with van der Waals surface area (Å²) in [6.45, 7) is 4.21. The van der Waals surface area contributed by atoms with Crippen LogP contribution in [0.25, 0.3) is 0 Å². The quantitative estimate of drug-likeness (QED) is 0.172. The molecule has 6 nitrogen and oxygen atoms in total. The first-order chi connectivity index (χ1) is 16.5. The third-order valence-corrected chi connectivity index (χ3v) is 7.16. The third-order valence-electron chi connectivity index (χ3n) is 6.42. The molecule has 0 aliphatic heterocycles. The van der Waals surface area contributed by atoms with Crippen molar-refractivity contribution >= 4 is 28.7 Å². The van der Waals surface area contributed by atoms with E-state index >= 15 is 0 Å². The zero-order valence-corrected chi connectivity index (χ0v) is 21.2. The molecule has 2 aliphatic rings. The predicted octanol–water partition coefficient (Wildman–Crippen LogP) is 5.49. The van der Waals surface area contributed by atoms with Crippen molar-refractivity contribution in [3.8, 4) is 0 Å². The van der Waals surface area contributed by atoms with Crippen molar-refractivity contribution in [3.63, 3.8) is 0 Å². The third kappa shape index (κ3) is 7.55. The van der Waals surface area contributed by atoms with Gasteiger partial charge in [0.2, 0.25) is 5.91 Å². The molecule has 0 radical (unpaired) electrons. The lowest BCUT2D eigenvalue weighted by atomic mass is 9.97. The number of carbonyl (C=O) groups is 2. The molecule has 3 rings (SSSR count). The molecule has 1 aromatic rings. The zero-order chi connectivity index (χ0) is 26.9. The number of hydrogen-bond donors (Lipinski definition) is 4. The number of benzene rings is 1. The number of aliphatic carboxylic acids is 1. The highest BCUT2D eigenvalue weighted by atomic mass is 32.2. The van der Waals surface area contributed by atoms with E-state index in [2.05, 4.69) is 10.6 Å². The van der Waals surface area contributed by atoms with Gasteiger partial charge in [0, 0.05) is 17.5 Å². The normalized spacial score (nSPS) is 20.0. The molecule has 198 valence electrons. The number of hydrogen-bond acceptors (Lipinski definition) is 5. The second-order valence-electron chi connectivity index (χ2n) is 10.5. The van der Waals surface area contributed by atoms with Crippen molar-refractivity contribution in [2.45, 2.75) is 82.3 Å². The fourth-order valence-electron chi connectivity index (χ4n) is 3.70. The highest BCUT2D eigenvalue weighted by Gasteiger charge is 2.48. The van der Waals surface area contributed by atoms with Gasteiger partial charge in [-0.1, -0.05) is 42.1 Å². The number of carbonyl (C=O) groups excluding carboxylic acids is 1. The molecule has 0 bridgehead atoms. The van der Waals surface area contributed by atoms with Crippen molar-refractivity contribution in [2.75, 3.05) is 0 Å². The highest BCUT2D eigenvalue weighted by Crippen LogP contribution is 2.47. The summed E-state index contributed by atoms with van der Waals surface area (Å²) >= 11 is 0.973. The van der Waals surface area contributed by atoms with Crippen LogP contribution in [-0.2, 0) is 9.59 Å². The van der Waals surface area contributed by atoms with Crippen molar-refractivity contribution in [2.24, 2.45) is 5.41 Å². The van der Waals surface area contributed by atoms with Crippen LogP contribution in [-0.4, -0.2) is 45.5 Å². The number of carboxylic acid groups (broad SMARTS) is 1. The number of carboxylic acids is 1. The lowest BCUT2D eigenvalue weighted by molar-refractivity contribution is -0.161. The fourth-order valence-corrected chi connectivity index (χ4v) is 4.44. The second-order valence-corrected chi connectivity index (χ2v) is 11.4. The molecule has 2 atom stereocenters. The van der Waals surface area contributed by atoms with Crippen molar-refractivity contribution in [3.05, 3.63) is 46.9 Å². The highest BCUT2D eigenvalue weighted by molar-refractivity contribution is 8.16. The van der Waals surface area contributed by atoms with E-state index in [0.29, 0.717) is 31.2 Å². The van der Waals surface area contributed by atoms with Crippen LogP contribution in [0.5, 0.6) is 0 Å². The largest absolute Gasteiger partial charge is 0.481 e. The van der Waals surface area contributed by atoms with Crippen LogP contribution in [0.15, 0.2) is 35.7 Å². The first kappa shape index (κ1) is 28.2. The molecule has 2 saturated carbocycles. The van der Waals surface area contributed by atoms with Gasteiger partial charge in [0.05, 0.1) is 16.5 Å². The van der Waals surface area contributed by atoms with E-state index in [9.17, 15) is 32.3 Å². The van der Waals surface area contributed by atoms with Gasteiger partial charge in [-0.15, -0.1) is 0 Å². The van der Waals surface area contributed by atoms with Crippen LogP contribution < -0.4 is 10.6 Å². The topological polar surface area (TPSA) is 102 Å². The predicted molar refractivity (Wildman–Crippen MR) is 131 cm³/mol. The summed E-state index contributed by atoms with van der Waals surface area (Å²) < 4.78 is 56.5. The number of amides is 1. The first-order valence-corrected chi connectivity index (χ1v) is 12.5. The maximum Gasteiger partial charge on any atom is 0.407 e. The molecule has 1 unspecified atom stereocenters. The summed E-state index contributed by atoms with van der Waals surface area (Å²) in [6.07, 6.45) is -1.17. The smallest absolute Gasteiger partial charge is 0.407 e. The SMILES string of the molecule is CC(C)(F)C[C@H](NC(c1ccc(C(=N)S/C=C/C2(C(=O)O)CC2)cc1)C(F)(F)F)C(=O)NC1(C)CC1. The number of nitrogens with one attached hydrogen (secondary N) is 3. The summed E-state index contributed by atoms with van der Waals surface area (Å²) in [6, 6.07) is 1.54. The molecule has 1 aromatic carbocycles. The molecule has 0 saturated heterocycles. The molecule has 11 heteroatoms. The monoisotopic (exact) mass is 529 g/mol. The molecule has 2 fully saturated rings. The zero-order valence-electron chi connectivity index (χ0n) is 20.3. The molecule has 4 N–H and O–H groups in total. The Morgan fingerprint density at radius 2 is 1.72 bits per heavy atom. The van der Waals surface area contributed by atoms with Gasteiger partial charge in [0.1, 0.15) is 11.7 Å². The van der Waals surface area contributed by atoms with Gasteiger partial charge in [-0.05, 0) is 57.4 Å². The van der Waals surface area contributed by atoms with E-state index in [1.165, 1.54) is 49.6 Å². The van der Waals surface area contributed by atoms with Gasteiger partial charge in [-0.25, -0.2) is 4.39 Å². The Balaban J connectivity index is 1.73. The Morgan fingerprint density at radius 3 is 2.17 bits per heavy atom. The minimum atomic E-state index is -4.76. The van der Waals surface area contributed by atoms with E-state index in [0.717, 1.165) is 11.8 Å². The molecule has 36 heavy (non-hydrogen) atoms. The van der Waals surface area contributed by atoms with Crippen molar-refractivity contribution in [1.82, 2.24) is 10.6 Å². The Bertz CT molecular complexity index is 1030. The second kappa shape index (κ2) is 10.2. The van der Waals surface area contributed by atoms with Crippen LogP contribution in [0.1, 0.15) is 70.0 Å². The van der Waals surface area contributed by atoms with Crippen molar-refractivity contribution in [1.29, 1.82) is 5.41 Å². The van der Waals surface area contributed by atoms with Crippen LogP contribution in [0.3, 0.4) is 0 Å². The lowest BCUT2D eigenvalue weighted by Gasteiger charge is -2.30. The van der Waals surface area contributed by atoms with Gasteiger partial charge < -0.3 is 10.4 Å². The molecular weight excluding hydrogens is 498 g/mol. The minimum Gasteiger partial charge on any atom is -0.481 e. The molecule has 0 aromatic heterocycles. The summed E-state index contributed by atoms with van der Waals surface area (Å²) in [5.74, 6) is -1.60. The molecular formula is C25H31F4N3O3S. The molecule has 0 heterocycles. The maximum absolute atomic E-state index is 14.4. The van der Waals surface area contributed by atoms with Gasteiger partial charge in [0.25, 0.3) is 0 Å². The Labute approximate surface area is 211 Å². The average molecular weight is 530 g/mol. The van der Waals surface area contributed by atoms with Crippen LogP contribution in [0.2, 0.25) is 0 Å². The Hall–Kier alpha value is -2.40. The van der Waals surface area contributed by atoms with E-state index < -0.39 is 53.2 Å². The first-order valence-electron chi connectivity index (χ1n) is 11.6. The van der Waals surface area contributed by atoms with E-state index in [1.807, 2.05) is 0 Å². The van der Waals surface area contributed by atoms with E-state index in [1.54, 1.807) is 6.92 Å². The fraction of sp³-hybridized carbons (Fsp3) is 0.560. The molecule has 2 aliphatic carbocycles. The maximum atomic E-state index is 14.4. The molecule has 0 spiro atoms. The summed E-state index contributed by atoms with van der Waals surface area (Å²) in [7, 11) is 0. The number of alkyl halides is 4. The number of thioether (sulfide) groups is 1. The van der Waals surface area contributed by atoms with Crippen LogP contribution >= 0.6 is 11.8 Å². The summed E-state index contributed by atoms with van der Waals surface area (Å²) in [4.78, 5) is 24.0. The van der Waals surface area contributed by atoms with Crippen molar-refractivity contribution < 1.29 is 32.3 Å². The average Bonchev–Trinajstić information content (AvgIpc) is 3.67. The number of rotatable bonds is 11. The summed E-state index contributed by atoms with van der Waals surface area (Å²) in [5, 5.41) is 24.0.